The maximum Gasteiger partial charge on any atom is 0.124 e. The summed E-state index contributed by atoms with van der Waals surface area (Å²) in [6.45, 7) is 14.0. The summed E-state index contributed by atoms with van der Waals surface area (Å²) in [5.74, 6) is 0.788. The zero-order valence-corrected chi connectivity index (χ0v) is 37.9. The Bertz CT molecular complexity index is 3320. The van der Waals surface area contributed by atoms with E-state index in [1.54, 1.807) is 12.4 Å². The fourth-order valence-electron chi connectivity index (χ4n) is 10.3. The Hall–Kier alpha value is -7.44. The van der Waals surface area contributed by atoms with Gasteiger partial charge in [-0.2, -0.15) is 0 Å². The number of benzene rings is 7. The SMILES string of the molecule is CC1=CC(n2c3ccccc3c3ccccc32)=CC(C)C1c1ccc(/C=N/CC(C)(C)C/N=C/c2ccc(-c3c(C)cc(-n4c5ccccc5c5ccccc54)cc3C)cc2O)c(O)c1. The third-order valence-corrected chi connectivity index (χ3v) is 13.3. The van der Waals surface area contributed by atoms with Crippen LogP contribution in [0, 0.1) is 25.2 Å². The van der Waals surface area contributed by atoms with Gasteiger partial charge in [0.2, 0.25) is 0 Å². The number of para-hydroxylation sites is 4. The van der Waals surface area contributed by atoms with E-state index in [0.717, 1.165) is 33.5 Å². The van der Waals surface area contributed by atoms with Crippen molar-refractivity contribution in [2.24, 2.45) is 21.3 Å². The molecule has 7 aromatic carbocycles. The molecule has 2 N–H and O–H groups in total. The second-order valence-corrected chi connectivity index (χ2v) is 18.7. The lowest BCUT2D eigenvalue weighted by Crippen LogP contribution is -2.19. The van der Waals surface area contributed by atoms with Gasteiger partial charge in [0.1, 0.15) is 11.5 Å². The van der Waals surface area contributed by atoms with Crippen molar-refractivity contribution in [3.63, 3.8) is 0 Å². The molecule has 6 heteroatoms. The molecule has 0 saturated carbocycles. The number of aromatic nitrogens is 2. The molecule has 0 saturated heterocycles. The van der Waals surface area contributed by atoms with E-state index in [4.69, 9.17) is 9.98 Å². The second kappa shape index (κ2) is 16.6. The Morgan fingerprint density at radius 1 is 0.569 bits per heavy atom. The van der Waals surface area contributed by atoms with Crippen LogP contribution in [0.15, 0.2) is 173 Å². The minimum atomic E-state index is -0.246. The Morgan fingerprint density at radius 3 is 1.51 bits per heavy atom. The molecule has 0 spiro atoms. The second-order valence-electron chi connectivity index (χ2n) is 18.7. The average molecular weight is 851 g/mol. The van der Waals surface area contributed by atoms with Crippen LogP contribution in [0.1, 0.15) is 61.4 Å². The van der Waals surface area contributed by atoms with Gasteiger partial charge in [0.15, 0.2) is 0 Å². The van der Waals surface area contributed by atoms with E-state index in [2.05, 4.69) is 184 Å². The normalized spacial score (nSPS) is 15.8. The fourth-order valence-corrected chi connectivity index (χ4v) is 10.3. The Balaban J connectivity index is 0.794. The number of aliphatic imine (C=N–C) groups is 2. The number of fused-ring (bicyclic) bond motifs is 6. The first-order chi connectivity index (χ1) is 31.5. The van der Waals surface area contributed by atoms with Crippen molar-refractivity contribution >= 4 is 61.7 Å². The molecule has 0 radical (unpaired) electrons. The fraction of sp³-hybridized carbons (Fsp3) is 0.186. The van der Waals surface area contributed by atoms with Gasteiger partial charge in [0, 0.05) is 80.9 Å². The topological polar surface area (TPSA) is 75.0 Å². The van der Waals surface area contributed by atoms with Crippen LogP contribution in [0.2, 0.25) is 0 Å². The predicted molar refractivity (Wildman–Crippen MR) is 274 cm³/mol. The number of rotatable bonds is 10. The summed E-state index contributed by atoms with van der Waals surface area (Å²) in [6.07, 6.45) is 8.18. The van der Waals surface area contributed by atoms with E-state index < -0.39 is 0 Å². The van der Waals surface area contributed by atoms with Gasteiger partial charge in [-0.15, -0.1) is 0 Å². The number of allylic oxidation sites excluding steroid dienone is 4. The van der Waals surface area contributed by atoms with Crippen molar-refractivity contribution < 1.29 is 10.2 Å². The van der Waals surface area contributed by atoms with Crippen LogP contribution in [-0.4, -0.2) is 44.9 Å². The molecule has 0 aliphatic heterocycles. The first-order valence-electron chi connectivity index (χ1n) is 22.6. The Labute approximate surface area is 380 Å². The predicted octanol–water partition coefficient (Wildman–Crippen LogP) is 14.4. The van der Waals surface area contributed by atoms with Crippen molar-refractivity contribution in [2.45, 2.75) is 47.5 Å². The maximum absolute atomic E-state index is 11.2. The number of nitrogens with zero attached hydrogens (tertiary/aromatic N) is 4. The van der Waals surface area contributed by atoms with E-state index in [0.29, 0.717) is 24.2 Å². The van der Waals surface area contributed by atoms with E-state index in [9.17, 15) is 10.2 Å². The largest absolute Gasteiger partial charge is 0.507 e. The zero-order valence-electron chi connectivity index (χ0n) is 37.9. The number of hydrogen-bond donors (Lipinski definition) is 2. The molecule has 0 bridgehead atoms. The van der Waals surface area contributed by atoms with E-state index in [1.165, 1.54) is 54.9 Å². The van der Waals surface area contributed by atoms with Gasteiger partial charge in [0.25, 0.3) is 0 Å². The van der Waals surface area contributed by atoms with E-state index in [1.807, 2.05) is 24.3 Å². The first kappa shape index (κ1) is 41.6. The standard InChI is InChI=1S/C59H54N4O2/c1-37-27-45(62-51-19-11-7-15-47(51)48-16-8-12-20-52(48)62)28-38(2)57(37)41-23-25-43(55(64)31-41)33-60-35-59(5,6)36-61-34-44-26-24-42(32-56(44)65)58-39(3)29-46(30-40(58)4)63-53-21-13-9-17-49(53)50-18-10-14-22-54(50)63/h7-34,37,57,64-65H,35-36H2,1-6H3/b60-33+,61-34+. The Morgan fingerprint density at radius 2 is 1.03 bits per heavy atom. The molecule has 6 nitrogen and oxygen atoms in total. The molecule has 2 heterocycles. The van der Waals surface area contributed by atoms with Crippen LogP contribution in [0.4, 0.5) is 0 Å². The molecule has 1 aliphatic rings. The lowest BCUT2D eigenvalue weighted by molar-refractivity contribution is 0.396. The number of phenolic OH excluding ortho intramolecular Hbond substituents is 2. The molecule has 0 amide bonds. The summed E-state index contributed by atoms with van der Waals surface area (Å²) in [4.78, 5) is 9.51. The van der Waals surface area contributed by atoms with Crippen LogP contribution >= 0.6 is 0 Å². The molecule has 0 fully saturated rings. The summed E-state index contributed by atoms with van der Waals surface area (Å²) in [5.41, 5.74) is 14.9. The van der Waals surface area contributed by atoms with Crippen LogP contribution in [0.5, 0.6) is 11.5 Å². The van der Waals surface area contributed by atoms with Gasteiger partial charge in [-0.3, -0.25) is 9.98 Å². The van der Waals surface area contributed by atoms with E-state index >= 15 is 0 Å². The highest BCUT2D eigenvalue weighted by Gasteiger charge is 2.26. The monoisotopic (exact) mass is 850 g/mol. The van der Waals surface area contributed by atoms with Crippen molar-refractivity contribution in [2.75, 3.05) is 13.1 Å². The molecular weight excluding hydrogens is 797 g/mol. The maximum atomic E-state index is 11.2. The summed E-state index contributed by atoms with van der Waals surface area (Å²) in [7, 11) is 0. The average Bonchev–Trinajstić information content (AvgIpc) is 3.80. The summed E-state index contributed by atoms with van der Waals surface area (Å²) in [6, 6.07) is 50.7. The van der Waals surface area contributed by atoms with Gasteiger partial charge in [-0.05, 0) is 121 Å². The summed E-state index contributed by atoms with van der Waals surface area (Å²) < 4.78 is 4.72. The molecule has 9 aromatic rings. The third kappa shape index (κ3) is 7.63. The first-order valence-corrected chi connectivity index (χ1v) is 22.6. The van der Waals surface area contributed by atoms with Gasteiger partial charge < -0.3 is 19.3 Å². The minimum absolute atomic E-state index is 0.147. The number of aryl methyl sites for hydroxylation is 2. The zero-order chi connectivity index (χ0) is 45.0. The van der Waals surface area contributed by atoms with Crippen molar-refractivity contribution in [1.29, 1.82) is 0 Å². The van der Waals surface area contributed by atoms with Crippen LogP contribution in [-0.2, 0) is 0 Å². The number of aromatic hydroxyl groups is 2. The van der Waals surface area contributed by atoms with Crippen LogP contribution in [0.25, 0.3) is 66.1 Å². The van der Waals surface area contributed by atoms with Gasteiger partial charge >= 0.3 is 0 Å². The molecule has 1 aliphatic carbocycles. The third-order valence-electron chi connectivity index (χ3n) is 13.3. The minimum Gasteiger partial charge on any atom is -0.507 e. The van der Waals surface area contributed by atoms with Gasteiger partial charge in [-0.1, -0.05) is 117 Å². The van der Waals surface area contributed by atoms with Gasteiger partial charge in [-0.25, -0.2) is 0 Å². The quantitative estimate of drug-likeness (QED) is 0.135. The summed E-state index contributed by atoms with van der Waals surface area (Å²) in [5, 5.41) is 27.4. The number of hydrogen-bond acceptors (Lipinski definition) is 4. The van der Waals surface area contributed by atoms with Crippen LogP contribution < -0.4 is 0 Å². The van der Waals surface area contributed by atoms with Crippen LogP contribution in [0.3, 0.4) is 0 Å². The van der Waals surface area contributed by atoms with Gasteiger partial charge in [0.05, 0.1) is 22.1 Å². The van der Waals surface area contributed by atoms with Crippen molar-refractivity contribution in [3.8, 4) is 28.3 Å². The number of phenols is 2. The highest BCUT2D eigenvalue weighted by atomic mass is 16.3. The lowest BCUT2D eigenvalue weighted by atomic mass is 9.78. The molecule has 322 valence electrons. The lowest BCUT2D eigenvalue weighted by Gasteiger charge is -2.29. The highest BCUT2D eigenvalue weighted by Crippen LogP contribution is 2.42. The molecular formula is C59H54N4O2. The van der Waals surface area contributed by atoms with Crippen molar-refractivity contribution in [1.82, 2.24) is 9.13 Å². The highest BCUT2D eigenvalue weighted by molar-refractivity contribution is 6.11. The van der Waals surface area contributed by atoms with Crippen molar-refractivity contribution in [3.05, 3.63) is 191 Å². The smallest absolute Gasteiger partial charge is 0.124 e. The molecule has 65 heavy (non-hydrogen) atoms. The molecule has 10 rings (SSSR count). The van der Waals surface area contributed by atoms with E-state index in [-0.39, 0.29) is 28.7 Å². The molecule has 2 aromatic heterocycles. The molecule has 2 atom stereocenters. The Kier molecular flexibility index (Phi) is 10.6. The summed E-state index contributed by atoms with van der Waals surface area (Å²) >= 11 is 0. The molecule has 2 unspecified atom stereocenters.